The first-order valence-corrected chi connectivity index (χ1v) is 5.06. The minimum Gasteiger partial charge on any atom is -0.512 e. The van der Waals surface area contributed by atoms with Crippen molar-refractivity contribution in [1.82, 2.24) is 9.97 Å². The van der Waals surface area contributed by atoms with Gasteiger partial charge in [-0.2, -0.15) is 0 Å². The molecular weight excluding hydrogens is 419 g/mol. The first-order chi connectivity index (χ1) is 8.75. The Kier molecular flexibility index (Phi) is 11.3. The third-order valence-corrected chi connectivity index (χ3v) is 2.09. The Hall–Kier alpha value is -2.03. The molecule has 0 unspecified atom stereocenters. The van der Waals surface area contributed by atoms with E-state index < -0.39 is 0 Å². The molecule has 2 heterocycles. The van der Waals surface area contributed by atoms with Crippen LogP contribution >= 0.6 is 0 Å². The molecular formula is C14H12N4Pt. The SMILES string of the molecule is Cc1ccnc(-c2cc(C)ccn2)c1.[C-]#N.[C-]#N.[Pt+2]. The van der Waals surface area contributed by atoms with Gasteiger partial charge < -0.3 is 23.7 Å². The van der Waals surface area contributed by atoms with Crippen molar-refractivity contribution in [3.8, 4) is 11.4 Å². The quantitative estimate of drug-likeness (QED) is 0.651. The molecule has 0 aromatic carbocycles. The maximum Gasteiger partial charge on any atom is 2.00 e. The molecule has 0 spiro atoms. The average Bonchev–Trinajstić information content (AvgIpc) is 2.43. The Morgan fingerprint density at radius 3 is 1.37 bits per heavy atom. The number of hydrogen-bond donors (Lipinski definition) is 0. The summed E-state index contributed by atoms with van der Waals surface area (Å²) in [7, 11) is 0. The van der Waals surface area contributed by atoms with Crippen LogP contribution in [0.25, 0.3) is 11.4 Å². The van der Waals surface area contributed by atoms with E-state index in [-0.39, 0.29) is 21.1 Å². The summed E-state index contributed by atoms with van der Waals surface area (Å²) in [5, 5.41) is 12.5. The van der Waals surface area contributed by atoms with Crippen molar-refractivity contribution in [2.45, 2.75) is 13.8 Å². The fraction of sp³-hybridized carbons (Fsp3) is 0.143. The van der Waals surface area contributed by atoms with E-state index in [1.54, 1.807) is 0 Å². The van der Waals surface area contributed by atoms with Gasteiger partial charge in [-0.05, 0) is 49.2 Å². The third kappa shape index (κ3) is 6.46. The predicted octanol–water partition coefficient (Wildman–Crippen LogP) is 2.95. The van der Waals surface area contributed by atoms with Crippen LogP contribution in [0.15, 0.2) is 36.7 Å². The number of aryl methyl sites for hydroxylation is 2. The molecule has 0 N–H and O–H groups in total. The van der Waals surface area contributed by atoms with Crippen molar-refractivity contribution in [3.63, 3.8) is 0 Å². The minimum absolute atomic E-state index is 0. The summed E-state index contributed by atoms with van der Waals surface area (Å²) in [6.07, 6.45) is 3.63. The molecule has 98 valence electrons. The first-order valence-electron chi connectivity index (χ1n) is 5.06. The standard InChI is InChI=1S/C12H12N2.2CN.Pt/c1-9-3-5-13-11(7-9)12-8-10(2)4-6-14-12;2*1-2;/h3-8H,1-2H3;;;/q;2*-1;+2. The van der Waals surface area contributed by atoms with Crippen molar-refractivity contribution in [1.29, 1.82) is 10.5 Å². The normalized spacial score (nSPS) is 7.68. The second kappa shape index (κ2) is 11.1. The van der Waals surface area contributed by atoms with Crippen LogP contribution in [-0.2, 0) is 21.1 Å². The molecule has 0 atom stereocenters. The topological polar surface area (TPSA) is 73.4 Å². The van der Waals surface area contributed by atoms with E-state index in [4.69, 9.17) is 23.7 Å². The first kappa shape index (κ1) is 19.3. The molecule has 0 aliphatic rings. The number of aromatic nitrogens is 2. The van der Waals surface area contributed by atoms with Gasteiger partial charge in [-0.1, -0.05) is 0 Å². The van der Waals surface area contributed by atoms with Gasteiger partial charge in [0.25, 0.3) is 0 Å². The van der Waals surface area contributed by atoms with Crippen molar-refractivity contribution in [2.24, 2.45) is 0 Å². The van der Waals surface area contributed by atoms with Crippen molar-refractivity contribution in [2.75, 3.05) is 0 Å². The van der Waals surface area contributed by atoms with Crippen LogP contribution in [0.2, 0.25) is 0 Å². The van der Waals surface area contributed by atoms with E-state index in [2.05, 4.69) is 23.8 Å². The minimum atomic E-state index is 0. The number of pyridine rings is 2. The van der Waals surface area contributed by atoms with E-state index in [1.165, 1.54) is 11.1 Å². The summed E-state index contributed by atoms with van der Waals surface area (Å²) in [5.74, 6) is 0. The zero-order chi connectivity index (χ0) is 14.0. The summed E-state index contributed by atoms with van der Waals surface area (Å²) in [6.45, 7) is 13.6. The molecule has 0 radical (unpaired) electrons. The molecule has 2 rings (SSSR count). The summed E-state index contributed by atoms with van der Waals surface area (Å²) in [5.41, 5.74) is 4.29. The van der Waals surface area contributed by atoms with E-state index in [1.807, 2.05) is 36.7 Å². The molecule has 19 heavy (non-hydrogen) atoms. The summed E-state index contributed by atoms with van der Waals surface area (Å²) in [4.78, 5) is 8.58. The molecule has 0 saturated heterocycles. The van der Waals surface area contributed by atoms with Crippen LogP contribution in [0.4, 0.5) is 0 Å². The van der Waals surface area contributed by atoms with Crippen molar-refractivity contribution in [3.05, 3.63) is 60.9 Å². The zero-order valence-electron chi connectivity index (χ0n) is 10.6. The second-order valence-corrected chi connectivity index (χ2v) is 3.44. The van der Waals surface area contributed by atoms with E-state index in [0.29, 0.717) is 0 Å². The molecule has 5 heteroatoms. The van der Waals surface area contributed by atoms with Gasteiger partial charge in [-0.3, -0.25) is 9.97 Å². The Morgan fingerprint density at radius 1 is 0.789 bits per heavy atom. The number of hydrogen-bond acceptors (Lipinski definition) is 4. The van der Waals surface area contributed by atoms with Crippen molar-refractivity contribution < 1.29 is 21.1 Å². The summed E-state index contributed by atoms with van der Waals surface area (Å²) in [6, 6.07) is 8.06. The maximum atomic E-state index is 6.25. The van der Waals surface area contributed by atoms with Crippen LogP contribution < -0.4 is 0 Å². The summed E-state index contributed by atoms with van der Waals surface area (Å²) < 4.78 is 0. The van der Waals surface area contributed by atoms with Crippen LogP contribution in [0.3, 0.4) is 0 Å². The van der Waals surface area contributed by atoms with Gasteiger partial charge in [0, 0.05) is 12.4 Å². The molecule has 2 aromatic heterocycles. The van der Waals surface area contributed by atoms with E-state index >= 15 is 0 Å². The smallest absolute Gasteiger partial charge is 0.512 e. The van der Waals surface area contributed by atoms with Crippen LogP contribution in [0.5, 0.6) is 0 Å². The van der Waals surface area contributed by atoms with Gasteiger partial charge in [0.15, 0.2) is 0 Å². The van der Waals surface area contributed by atoms with Crippen LogP contribution in [0, 0.1) is 37.5 Å². The zero-order valence-corrected chi connectivity index (χ0v) is 12.8. The Morgan fingerprint density at radius 2 is 1.11 bits per heavy atom. The second-order valence-electron chi connectivity index (χ2n) is 3.44. The van der Waals surface area contributed by atoms with Gasteiger partial charge >= 0.3 is 21.1 Å². The van der Waals surface area contributed by atoms with Crippen LogP contribution in [0.1, 0.15) is 11.1 Å². The molecule has 0 saturated carbocycles. The molecule has 0 amide bonds. The maximum absolute atomic E-state index is 6.25. The molecule has 0 bridgehead atoms. The largest absolute Gasteiger partial charge is 2.00 e. The van der Waals surface area contributed by atoms with E-state index in [0.717, 1.165) is 11.4 Å². The molecule has 0 aliphatic heterocycles. The average molecular weight is 431 g/mol. The molecule has 4 nitrogen and oxygen atoms in total. The fourth-order valence-corrected chi connectivity index (χ4v) is 1.35. The Labute approximate surface area is 128 Å². The van der Waals surface area contributed by atoms with Crippen LogP contribution in [-0.4, -0.2) is 9.97 Å². The van der Waals surface area contributed by atoms with Gasteiger partial charge in [-0.15, -0.1) is 0 Å². The monoisotopic (exact) mass is 431 g/mol. The Bertz CT molecular complexity index is 485. The number of rotatable bonds is 1. The third-order valence-electron chi connectivity index (χ3n) is 2.09. The van der Waals surface area contributed by atoms with Gasteiger partial charge in [0.1, 0.15) is 0 Å². The molecule has 0 fully saturated rings. The molecule has 2 aromatic rings. The predicted molar refractivity (Wildman–Crippen MR) is 66.9 cm³/mol. The van der Waals surface area contributed by atoms with Gasteiger partial charge in [0.05, 0.1) is 11.4 Å². The molecule has 0 aliphatic carbocycles. The fourth-order valence-electron chi connectivity index (χ4n) is 1.35. The summed E-state index contributed by atoms with van der Waals surface area (Å²) >= 11 is 0. The van der Waals surface area contributed by atoms with Gasteiger partial charge in [0.2, 0.25) is 0 Å². The number of nitrogens with zero attached hydrogens (tertiary/aromatic N) is 4. The van der Waals surface area contributed by atoms with Crippen molar-refractivity contribution >= 4 is 0 Å². The Balaban J connectivity index is 0. The van der Waals surface area contributed by atoms with Gasteiger partial charge in [-0.25, -0.2) is 0 Å². The van der Waals surface area contributed by atoms with E-state index in [9.17, 15) is 0 Å².